The lowest BCUT2D eigenvalue weighted by molar-refractivity contribution is 0.149. The number of rotatable bonds is 4. The number of hydrogen-bond donors (Lipinski definition) is 1. The molecular weight excluding hydrogens is 292 g/mol. The summed E-state index contributed by atoms with van der Waals surface area (Å²) in [6, 6.07) is 2.03. The van der Waals surface area contributed by atoms with Crippen molar-refractivity contribution in [3.63, 3.8) is 0 Å². The average molecular weight is 313 g/mol. The Balaban J connectivity index is 1.93. The zero-order valence-corrected chi connectivity index (χ0v) is 12.4. The number of aryl methyl sites for hydroxylation is 1. The predicted octanol–water partition coefficient (Wildman–Crippen LogP) is 3.30. The zero-order valence-electron chi connectivity index (χ0n) is 10.9. The SMILES string of the molecule is Cc1cnc(OCC2CCCCC2CN)c(Br)c1. The van der Waals surface area contributed by atoms with Crippen LogP contribution in [0.1, 0.15) is 31.2 Å². The number of aromatic nitrogens is 1. The number of halogens is 1. The van der Waals surface area contributed by atoms with Gasteiger partial charge in [0.1, 0.15) is 0 Å². The molecule has 2 atom stereocenters. The van der Waals surface area contributed by atoms with Gasteiger partial charge in [-0.1, -0.05) is 12.8 Å². The largest absolute Gasteiger partial charge is 0.477 e. The second kappa shape index (κ2) is 6.53. The predicted molar refractivity (Wildman–Crippen MR) is 76.7 cm³/mol. The van der Waals surface area contributed by atoms with E-state index in [1.807, 2.05) is 19.2 Å². The minimum absolute atomic E-state index is 0.582. The summed E-state index contributed by atoms with van der Waals surface area (Å²) in [4.78, 5) is 4.31. The average Bonchev–Trinajstić information content (AvgIpc) is 2.38. The molecule has 1 saturated carbocycles. The summed E-state index contributed by atoms with van der Waals surface area (Å²) in [6.07, 6.45) is 6.91. The molecule has 4 heteroatoms. The summed E-state index contributed by atoms with van der Waals surface area (Å²) in [5.74, 6) is 1.89. The number of nitrogens with zero attached hydrogens (tertiary/aromatic N) is 1. The van der Waals surface area contributed by atoms with E-state index in [4.69, 9.17) is 10.5 Å². The Morgan fingerprint density at radius 3 is 2.78 bits per heavy atom. The van der Waals surface area contributed by atoms with Gasteiger partial charge in [-0.3, -0.25) is 0 Å². The van der Waals surface area contributed by atoms with Crippen LogP contribution in [0.25, 0.3) is 0 Å². The van der Waals surface area contributed by atoms with Gasteiger partial charge in [0.2, 0.25) is 5.88 Å². The first kappa shape index (κ1) is 13.8. The number of ether oxygens (including phenoxy) is 1. The molecule has 3 nitrogen and oxygen atoms in total. The highest BCUT2D eigenvalue weighted by Crippen LogP contribution is 2.31. The Labute approximate surface area is 117 Å². The van der Waals surface area contributed by atoms with Gasteiger partial charge in [0.15, 0.2) is 0 Å². The maximum atomic E-state index is 5.85. The number of hydrogen-bond acceptors (Lipinski definition) is 3. The summed E-state index contributed by atoms with van der Waals surface area (Å²) in [7, 11) is 0. The Bertz CT molecular complexity index is 397. The molecule has 0 saturated heterocycles. The first-order valence-electron chi connectivity index (χ1n) is 6.65. The fourth-order valence-electron chi connectivity index (χ4n) is 2.63. The number of pyridine rings is 1. The fraction of sp³-hybridized carbons (Fsp3) is 0.643. The van der Waals surface area contributed by atoms with E-state index < -0.39 is 0 Å². The maximum Gasteiger partial charge on any atom is 0.227 e. The molecule has 1 fully saturated rings. The van der Waals surface area contributed by atoms with Crippen LogP contribution in [-0.4, -0.2) is 18.1 Å². The molecule has 1 aromatic rings. The minimum atomic E-state index is 0.582. The van der Waals surface area contributed by atoms with Crippen molar-refractivity contribution in [2.75, 3.05) is 13.2 Å². The van der Waals surface area contributed by atoms with Crippen molar-refractivity contribution in [2.24, 2.45) is 17.6 Å². The smallest absolute Gasteiger partial charge is 0.227 e. The Morgan fingerprint density at radius 2 is 2.11 bits per heavy atom. The van der Waals surface area contributed by atoms with E-state index in [1.54, 1.807) is 0 Å². The molecule has 1 aliphatic carbocycles. The lowest BCUT2D eigenvalue weighted by atomic mass is 9.80. The van der Waals surface area contributed by atoms with Gasteiger partial charge in [-0.2, -0.15) is 0 Å². The van der Waals surface area contributed by atoms with Crippen molar-refractivity contribution >= 4 is 15.9 Å². The van der Waals surface area contributed by atoms with E-state index in [1.165, 1.54) is 25.7 Å². The molecule has 0 amide bonds. The van der Waals surface area contributed by atoms with Gasteiger partial charge >= 0.3 is 0 Å². The molecule has 0 aromatic carbocycles. The minimum Gasteiger partial charge on any atom is -0.477 e. The summed E-state index contributed by atoms with van der Waals surface area (Å²) < 4.78 is 6.78. The van der Waals surface area contributed by atoms with Crippen LogP contribution in [0.15, 0.2) is 16.7 Å². The molecule has 2 unspecified atom stereocenters. The molecule has 0 aliphatic heterocycles. The first-order valence-corrected chi connectivity index (χ1v) is 7.45. The van der Waals surface area contributed by atoms with Gasteiger partial charge in [-0.25, -0.2) is 4.98 Å². The van der Waals surface area contributed by atoms with Gasteiger partial charge in [0.05, 0.1) is 11.1 Å². The van der Waals surface area contributed by atoms with Crippen molar-refractivity contribution in [1.82, 2.24) is 4.98 Å². The molecule has 0 spiro atoms. The quantitative estimate of drug-likeness (QED) is 0.928. The van der Waals surface area contributed by atoms with E-state index in [9.17, 15) is 0 Å². The normalized spacial score (nSPS) is 23.9. The van der Waals surface area contributed by atoms with Gasteiger partial charge in [0, 0.05) is 6.20 Å². The molecular formula is C14H21BrN2O. The van der Waals surface area contributed by atoms with Crippen LogP contribution in [0.5, 0.6) is 5.88 Å². The Kier molecular flexibility index (Phi) is 5.01. The molecule has 1 aliphatic rings. The lowest BCUT2D eigenvalue weighted by Gasteiger charge is -2.30. The van der Waals surface area contributed by atoms with Crippen molar-refractivity contribution in [2.45, 2.75) is 32.6 Å². The molecule has 2 N–H and O–H groups in total. The monoisotopic (exact) mass is 312 g/mol. The Morgan fingerprint density at radius 1 is 1.39 bits per heavy atom. The maximum absolute atomic E-state index is 5.85. The van der Waals surface area contributed by atoms with Crippen LogP contribution < -0.4 is 10.5 Å². The van der Waals surface area contributed by atoms with Crippen LogP contribution in [0.4, 0.5) is 0 Å². The topological polar surface area (TPSA) is 48.1 Å². The van der Waals surface area contributed by atoms with E-state index in [-0.39, 0.29) is 0 Å². The van der Waals surface area contributed by atoms with E-state index in [0.29, 0.717) is 17.7 Å². The lowest BCUT2D eigenvalue weighted by Crippen LogP contribution is -2.30. The van der Waals surface area contributed by atoms with Gasteiger partial charge in [0.25, 0.3) is 0 Å². The summed E-state index contributed by atoms with van der Waals surface area (Å²) in [5.41, 5.74) is 6.96. The van der Waals surface area contributed by atoms with Crippen LogP contribution in [-0.2, 0) is 0 Å². The zero-order chi connectivity index (χ0) is 13.0. The Hall–Kier alpha value is -0.610. The molecule has 1 heterocycles. The van der Waals surface area contributed by atoms with Gasteiger partial charge < -0.3 is 10.5 Å². The van der Waals surface area contributed by atoms with E-state index >= 15 is 0 Å². The van der Waals surface area contributed by atoms with E-state index in [0.717, 1.165) is 23.2 Å². The number of nitrogens with two attached hydrogens (primary N) is 1. The van der Waals surface area contributed by atoms with E-state index in [2.05, 4.69) is 20.9 Å². The first-order chi connectivity index (χ1) is 8.70. The van der Waals surface area contributed by atoms with Crippen LogP contribution in [0.3, 0.4) is 0 Å². The summed E-state index contributed by atoms with van der Waals surface area (Å²) >= 11 is 3.49. The molecule has 2 rings (SSSR count). The van der Waals surface area contributed by atoms with Crippen LogP contribution in [0, 0.1) is 18.8 Å². The fourth-order valence-corrected chi connectivity index (χ4v) is 3.21. The molecule has 0 bridgehead atoms. The molecule has 100 valence electrons. The van der Waals surface area contributed by atoms with Crippen LogP contribution in [0.2, 0.25) is 0 Å². The highest BCUT2D eigenvalue weighted by Gasteiger charge is 2.24. The van der Waals surface area contributed by atoms with Crippen molar-refractivity contribution in [3.8, 4) is 5.88 Å². The highest BCUT2D eigenvalue weighted by molar-refractivity contribution is 9.10. The van der Waals surface area contributed by atoms with Crippen molar-refractivity contribution in [3.05, 3.63) is 22.3 Å². The van der Waals surface area contributed by atoms with Crippen molar-refractivity contribution < 1.29 is 4.74 Å². The highest BCUT2D eigenvalue weighted by atomic mass is 79.9. The molecule has 0 radical (unpaired) electrons. The summed E-state index contributed by atoms with van der Waals surface area (Å²) in [6.45, 7) is 3.53. The second-order valence-corrected chi connectivity index (χ2v) is 6.01. The second-order valence-electron chi connectivity index (χ2n) is 5.15. The standard InChI is InChI=1S/C14H21BrN2O/c1-10-6-13(15)14(17-8-10)18-9-12-5-3-2-4-11(12)7-16/h6,8,11-12H,2-5,7,9,16H2,1H3. The third kappa shape index (κ3) is 3.45. The third-order valence-electron chi connectivity index (χ3n) is 3.75. The van der Waals surface area contributed by atoms with Gasteiger partial charge in [-0.15, -0.1) is 0 Å². The van der Waals surface area contributed by atoms with Crippen molar-refractivity contribution in [1.29, 1.82) is 0 Å². The van der Waals surface area contributed by atoms with Gasteiger partial charge in [-0.05, 0) is 65.7 Å². The molecule has 1 aromatic heterocycles. The summed E-state index contributed by atoms with van der Waals surface area (Å²) in [5, 5.41) is 0. The third-order valence-corrected chi connectivity index (χ3v) is 4.32. The molecule has 18 heavy (non-hydrogen) atoms. The van der Waals surface area contributed by atoms with Crippen LogP contribution >= 0.6 is 15.9 Å².